The molecule has 3 amide bonds. The molecule has 2 aromatic carbocycles. The van der Waals surface area contributed by atoms with Crippen molar-refractivity contribution in [2.45, 2.75) is 25.3 Å². The molecule has 0 aromatic heterocycles. The highest BCUT2D eigenvalue weighted by molar-refractivity contribution is 5.96. The lowest BCUT2D eigenvalue weighted by atomic mass is 10.0. The summed E-state index contributed by atoms with van der Waals surface area (Å²) in [4.78, 5) is 38.9. The van der Waals surface area contributed by atoms with E-state index in [-0.39, 0.29) is 24.9 Å². The molecule has 7 heteroatoms. The van der Waals surface area contributed by atoms with Gasteiger partial charge in [0.25, 0.3) is 5.91 Å². The van der Waals surface area contributed by atoms with Gasteiger partial charge in [-0.3, -0.25) is 9.59 Å². The molecule has 1 aliphatic rings. The zero-order chi connectivity index (χ0) is 20.8. The standard InChI is InChI=1S/C22H25N3O4/c1-24(15-13-20(26)27)22(29)23-18-11-9-17(10-12-18)21(28)25-14-5-8-19(25)16-6-3-2-4-7-16/h2-4,6-7,9-12,19H,5,8,13-15H2,1H3,(H,23,29)(H,26,27). The number of benzene rings is 2. The zero-order valence-corrected chi connectivity index (χ0v) is 16.4. The zero-order valence-electron chi connectivity index (χ0n) is 16.4. The van der Waals surface area contributed by atoms with Gasteiger partial charge in [-0.15, -0.1) is 0 Å². The van der Waals surface area contributed by atoms with Crippen molar-refractivity contribution in [2.24, 2.45) is 0 Å². The molecule has 1 atom stereocenters. The summed E-state index contributed by atoms with van der Waals surface area (Å²) in [6, 6.07) is 16.5. The van der Waals surface area contributed by atoms with Gasteiger partial charge in [-0.2, -0.15) is 0 Å². The number of carboxylic acid groups (broad SMARTS) is 1. The van der Waals surface area contributed by atoms with Gasteiger partial charge in [0, 0.05) is 31.4 Å². The van der Waals surface area contributed by atoms with Crippen molar-refractivity contribution >= 4 is 23.6 Å². The van der Waals surface area contributed by atoms with Crippen LogP contribution in [0.3, 0.4) is 0 Å². The van der Waals surface area contributed by atoms with Gasteiger partial charge in [-0.05, 0) is 42.7 Å². The number of carboxylic acids is 1. The molecule has 1 saturated heterocycles. The number of likely N-dealkylation sites (tertiary alicyclic amines) is 1. The maximum Gasteiger partial charge on any atom is 0.321 e. The maximum absolute atomic E-state index is 13.0. The SMILES string of the molecule is CN(CCC(=O)O)C(=O)Nc1ccc(C(=O)N2CCCC2c2ccccc2)cc1. The third-order valence-corrected chi connectivity index (χ3v) is 5.09. The van der Waals surface area contributed by atoms with E-state index in [4.69, 9.17) is 5.11 Å². The summed E-state index contributed by atoms with van der Waals surface area (Å²) < 4.78 is 0. The topological polar surface area (TPSA) is 90.0 Å². The van der Waals surface area contributed by atoms with E-state index in [1.807, 2.05) is 23.1 Å². The Bertz CT molecular complexity index is 867. The van der Waals surface area contributed by atoms with E-state index in [1.165, 1.54) is 11.9 Å². The van der Waals surface area contributed by atoms with Crippen molar-refractivity contribution in [1.82, 2.24) is 9.80 Å². The van der Waals surface area contributed by atoms with Crippen LogP contribution < -0.4 is 5.32 Å². The van der Waals surface area contributed by atoms with Crippen molar-refractivity contribution < 1.29 is 19.5 Å². The molecule has 1 unspecified atom stereocenters. The van der Waals surface area contributed by atoms with Crippen LogP contribution in [-0.2, 0) is 4.79 Å². The van der Waals surface area contributed by atoms with E-state index in [1.54, 1.807) is 24.3 Å². The van der Waals surface area contributed by atoms with Crippen LogP contribution in [0.25, 0.3) is 0 Å². The highest BCUT2D eigenvalue weighted by Crippen LogP contribution is 2.33. The van der Waals surface area contributed by atoms with Gasteiger partial charge in [0.05, 0.1) is 12.5 Å². The molecule has 0 aliphatic carbocycles. The fourth-order valence-electron chi connectivity index (χ4n) is 3.48. The third-order valence-electron chi connectivity index (χ3n) is 5.09. The predicted molar refractivity (Wildman–Crippen MR) is 110 cm³/mol. The molecule has 0 saturated carbocycles. The summed E-state index contributed by atoms with van der Waals surface area (Å²) in [6.07, 6.45) is 1.81. The monoisotopic (exact) mass is 395 g/mol. The van der Waals surface area contributed by atoms with Gasteiger partial charge < -0.3 is 20.2 Å². The number of hydrogen-bond donors (Lipinski definition) is 2. The molecule has 152 valence electrons. The number of amides is 3. The summed E-state index contributed by atoms with van der Waals surface area (Å²) in [5.41, 5.74) is 2.27. The van der Waals surface area contributed by atoms with Crippen LogP contribution >= 0.6 is 0 Å². The first kappa shape index (κ1) is 20.4. The van der Waals surface area contributed by atoms with Crippen LogP contribution in [0, 0.1) is 0 Å². The van der Waals surface area contributed by atoms with Crippen molar-refractivity contribution in [3.63, 3.8) is 0 Å². The molecule has 29 heavy (non-hydrogen) atoms. The quantitative estimate of drug-likeness (QED) is 0.782. The highest BCUT2D eigenvalue weighted by atomic mass is 16.4. The van der Waals surface area contributed by atoms with Gasteiger partial charge >= 0.3 is 12.0 Å². The Morgan fingerprint density at radius 2 is 1.79 bits per heavy atom. The Kier molecular flexibility index (Phi) is 6.49. The smallest absolute Gasteiger partial charge is 0.321 e. The van der Waals surface area contributed by atoms with E-state index in [0.29, 0.717) is 11.3 Å². The summed E-state index contributed by atoms with van der Waals surface area (Å²) in [7, 11) is 1.53. The summed E-state index contributed by atoms with van der Waals surface area (Å²) in [5.74, 6) is -0.976. The van der Waals surface area contributed by atoms with Crippen molar-refractivity contribution in [3.05, 3.63) is 65.7 Å². The number of carbonyl (C=O) groups is 3. The van der Waals surface area contributed by atoms with Crippen LogP contribution in [0.2, 0.25) is 0 Å². The van der Waals surface area contributed by atoms with Gasteiger partial charge in [0.1, 0.15) is 0 Å². The van der Waals surface area contributed by atoms with Crippen LogP contribution in [0.5, 0.6) is 0 Å². The molecule has 0 bridgehead atoms. The Hall–Kier alpha value is -3.35. The molecule has 0 spiro atoms. The average molecular weight is 395 g/mol. The largest absolute Gasteiger partial charge is 0.481 e. The molecule has 7 nitrogen and oxygen atoms in total. The van der Waals surface area contributed by atoms with Gasteiger partial charge in [0.15, 0.2) is 0 Å². The number of nitrogens with zero attached hydrogens (tertiary/aromatic N) is 2. The minimum absolute atomic E-state index is 0.0206. The molecule has 2 N–H and O–H groups in total. The number of anilines is 1. The molecule has 1 aliphatic heterocycles. The molecule has 3 rings (SSSR count). The molecule has 1 heterocycles. The van der Waals surface area contributed by atoms with E-state index < -0.39 is 12.0 Å². The lowest BCUT2D eigenvalue weighted by molar-refractivity contribution is -0.137. The second kappa shape index (κ2) is 9.23. The van der Waals surface area contributed by atoms with E-state index in [2.05, 4.69) is 17.4 Å². The van der Waals surface area contributed by atoms with Crippen LogP contribution in [0.4, 0.5) is 10.5 Å². The van der Waals surface area contributed by atoms with E-state index in [0.717, 1.165) is 24.9 Å². The molecular weight excluding hydrogens is 370 g/mol. The first-order chi connectivity index (χ1) is 14.0. The second-order valence-corrected chi connectivity index (χ2v) is 7.14. The summed E-state index contributed by atoms with van der Waals surface area (Å²) in [6.45, 7) is 0.846. The third kappa shape index (κ3) is 5.13. The van der Waals surface area contributed by atoms with Gasteiger partial charge in [-0.25, -0.2) is 4.79 Å². The molecule has 2 aromatic rings. The van der Waals surface area contributed by atoms with E-state index in [9.17, 15) is 14.4 Å². The van der Waals surface area contributed by atoms with Crippen molar-refractivity contribution in [2.75, 3.05) is 25.5 Å². The maximum atomic E-state index is 13.0. The number of urea groups is 1. The van der Waals surface area contributed by atoms with Gasteiger partial charge in [-0.1, -0.05) is 30.3 Å². The number of rotatable bonds is 6. The lowest BCUT2D eigenvalue weighted by Gasteiger charge is -2.25. The molecule has 1 fully saturated rings. The Morgan fingerprint density at radius 3 is 2.45 bits per heavy atom. The number of aliphatic carboxylic acids is 1. The summed E-state index contributed by atoms with van der Waals surface area (Å²) in [5, 5.41) is 11.4. The number of nitrogens with one attached hydrogen (secondary N) is 1. The minimum atomic E-state index is -0.955. The fraction of sp³-hybridized carbons (Fsp3) is 0.318. The van der Waals surface area contributed by atoms with E-state index >= 15 is 0 Å². The van der Waals surface area contributed by atoms with Crippen LogP contribution in [0.15, 0.2) is 54.6 Å². The second-order valence-electron chi connectivity index (χ2n) is 7.14. The first-order valence-corrected chi connectivity index (χ1v) is 9.65. The average Bonchev–Trinajstić information content (AvgIpc) is 3.22. The van der Waals surface area contributed by atoms with Crippen molar-refractivity contribution in [3.8, 4) is 0 Å². The normalized spacial score (nSPS) is 15.8. The first-order valence-electron chi connectivity index (χ1n) is 9.65. The fourth-order valence-corrected chi connectivity index (χ4v) is 3.48. The Balaban J connectivity index is 1.63. The molecule has 0 radical (unpaired) electrons. The summed E-state index contributed by atoms with van der Waals surface area (Å²) >= 11 is 0. The van der Waals surface area contributed by atoms with Crippen LogP contribution in [0.1, 0.15) is 41.2 Å². The van der Waals surface area contributed by atoms with Gasteiger partial charge in [0.2, 0.25) is 0 Å². The lowest BCUT2D eigenvalue weighted by Crippen LogP contribution is -2.33. The Labute approximate surface area is 169 Å². The van der Waals surface area contributed by atoms with Crippen molar-refractivity contribution in [1.29, 1.82) is 0 Å². The number of hydrogen-bond acceptors (Lipinski definition) is 3. The highest BCUT2D eigenvalue weighted by Gasteiger charge is 2.30. The predicted octanol–water partition coefficient (Wildman–Crippen LogP) is 3.60. The molecular formula is C22H25N3O4. The van der Waals surface area contributed by atoms with Crippen LogP contribution in [-0.4, -0.2) is 53.0 Å². The minimum Gasteiger partial charge on any atom is -0.481 e. The number of carbonyl (C=O) groups excluding carboxylic acids is 2. The Morgan fingerprint density at radius 1 is 1.10 bits per heavy atom.